The molecule has 0 saturated heterocycles. The molecular formula is C11H11ClN2O3. The average molecular weight is 255 g/mol. The van der Waals surface area contributed by atoms with Crippen LogP contribution in [-0.2, 0) is 4.79 Å². The monoisotopic (exact) mass is 254 g/mol. The van der Waals surface area contributed by atoms with Crippen LogP contribution in [0.5, 0.6) is 0 Å². The van der Waals surface area contributed by atoms with E-state index in [9.17, 15) is 9.59 Å². The Bertz CT molecular complexity index is 588. The van der Waals surface area contributed by atoms with Crippen molar-refractivity contribution in [1.29, 1.82) is 0 Å². The van der Waals surface area contributed by atoms with Gasteiger partial charge >= 0.3 is 5.76 Å². The molecule has 2 N–H and O–H groups in total. The van der Waals surface area contributed by atoms with Crippen LogP contribution in [0, 0.1) is 0 Å². The van der Waals surface area contributed by atoms with Crippen LogP contribution in [0.2, 0.25) is 0 Å². The van der Waals surface area contributed by atoms with Gasteiger partial charge in [0.2, 0.25) is 5.91 Å². The number of rotatable bonds is 4. The number of nitrogens with one attached hydrogen (secondary N) is 2. The molecule has 2 aromatic rings. The van der Waals surface area contributed by atoms with Crippen LogP contribution in [-0.4, -0.2) is 16.8 Å². The topological polar surface area (TPSA) is 75.1 Å². The lowest BCUT2D eigenvalue weighted by atomic mass is 10.2. The number of anilines is 1. The lowest BCUT2D eigenvalue weighted by molar-refractivity contribution is -0.116. The fourth-order valence-corrected chi connectivity index (χ4v) is 1.61. The molecular weight excluding hydrogens is 244 g/mol. The number of hydrogen-bond acceptors (Lipinski definition) is 3. The Morgan fingerprint density at radius 3 is 3.06 bits per heavy atom. The Labute approximate surface area is 102 Å². The number of fused-ring (bicyclic) bond motifs is 1. The predicted molar refractivity (Wildman–Crippen MR) is 65.4 cm³/mol. The van der Waals surface area contributed by atoms with Gasteiger partial charge in [0.15, 0.2) is 5.58 Å². The molecule has 5 nitrogen and oxygen atoms in total. The zero-order valence-corrected chi connectivity index (χ0v) is 9.71. The fraction of sp³-hybridized carbons (Fsp3) is 0.273. The molecule has 0 saturated carbocycles. The summed E-state index contributed by atoms with van der Waals surface area (Å²) in [5, 5.41) is 2.72. The zero-order chi connectivity index (χ0) is 12.3. The van der Waals surface area contributed by atoms with Crippen LogP contribution in [0.15, 0.2) is 27.4 Å². The molecule has 6 heteroatoms. The maximum atomic E-state index is 11.4. The Hall–Kier alpha value is -1.75. The summed E-state index contributed by atoms with van der Waals surface area (Å²) in [7, 11) is 0. The van der Waals surface area contributed by atoms with Gasteiger partial charge in [-0.25, -0.2) is 4.79 Å². The minimum atomic E-state index is -0.509. The minimum absolute atomic E-state index is 0.101. The normalized spacial score (nSPS) is 10.6. The number of alkyl halides is 1. The predicted octanol–water partition coefficient (Wildman–Crippen LogP) is 2.08. The van der Waals surface area contributed by atoms with Gasteiger partial charge in [0, 0.05) is 18.0 Å². The van der Waals surface area contributed by atoms with Crippen LogP contribution in [0.25, 0.3) is 11.1 Å². The van der Waals surface area contributed by atoms with Crippen LogP contribution in [0.1, 0.15) is 12.8 Å². The summed E-state index contributed by atoms with van der Waals surface area (Å²) in [6.45, 7) is 0. The number of benzene rings is 1. The summed E-state index contributed by atoms with van der Waals surface area (Å²) in [4.78, 5) is 24.9. The van der Waals surface area contributed by atoms with Gasteiger partial charge < -0.3 is 9.73 Å². The second kappa shape index (κ2) is 5.05. The first-order valence-electron chi connectivity index (χ1n) is 5.18. The van der Waals surface area contributed by atoms with Crippen LogP contribution < -0.4 is 11.1 Å². The molecule has 17 heavy (non-hydrogen) atoms. The molecule has 90 valence electrons. The minimum Gasteiger partial charge on any atom is -0.408 e. The molecule has 1 amide bonds. The third-order valence-corrected chi connectivity index (χ3v) is 2.51. The molecule has 0 bridgehead atoms. The number of halogens is 1. The van der Waals surface area contributed by atoms with Crippen molar-refractivity contribution in [3.63, 3.8) is 0 Å². The molecule has 0 aliphatic carbocycles. The SMILES string of the molecule is O=C(CCCCl)Nc1ccc2oc(=O)[nH]c2c1. The van der Waals surface area contributed by atoms with E-state index in [1.165, 1.54) is 0 Å². The molecule has 0 atom stereocenters. The zero-order valence-electron chi connectivity index (χ0n) is 8.96. The highest BCUT2D eigenvalue weighted by molar-refractivity contribution is 6.18. The van der Waals surface area contributed by atoms with E-state index in [4.69, 9.17) is 16.0 Å². The van der Waals surface area contributed by atoms with E-state index in [0.29, 0.717) is 35.5 Å². The number of carbonyl (C=O) groups excluding carboxylic acids is 1. The first-order valence-corrected chi connectivity index (χ1v) is 5.71. The third kappa shape index (κ3) is 2.88. The van der Waals surface area contributed by atoms with E-state index < -0.39 is 5.76 Å². The van der Waals surface area contributed by atoms with Gasteiger partial charge in [0.1, 0.15) is 0 Å². The van der Waals surface area contributed by atoms with Gasteiger partial charge in [-0.15, -0.1) is 11.6 Å². The van der Waals surface area contributed by atoms with E-state index in [1.807, 2.05) is 0 Å². The van der Waals surface area contributed by atoms with Crippen molar-refractivity contribution in [2.24, 2.45) is 0 Å². The molecule has 1 aromatic heterocycles. The molecule has 1 heterocycles. The highest BCUT2D eigenvalue weighted by atomic mass is 35.5. The van der Waals surface area contributed by atoms with Crippen LogP contribution in [0.3, 0.4) is 0 Å². The molecule has 0 spiro atoms. The summed E-state index contributed by atoms with van der Waals surface area (Å²) in [6.07, 6.45) is 1.02. The molecule has 0 fully saturated rings. The molecule has 1 aromatic carbocycles. The number of carbonyl (C=O) groups is 1. The lowest BCUT2D eigenvalue weighted by Gasteiger charge is -2.03. The number of aromatic amines is 1. The van der Waals surface area contributed by atoms with Gasteiger partial charge in [0.25, 0.3) is 0 Å². The first-order chi connectivity index (χ1) is 8.19. The van der Waals surface area contributed by atoms with Gasteiger partial charge in [-0.05, 0) is 24.6 Å². The van der Waals surface area contributed by atoms with Gasteiger partial charge in [0.05, 0.1) is 5.52 Å². The van der Waals surface area contributed by atoms with Crippen molar-refractivity contribution < 1.29 is 9.21 Å². The maximum absolute atomic E-state index is 11.4. The van der Waals surface area contributed by atoms with Crippen LogP contribution >= 0.6 is 11.6 Å². The van der Waals surface area contributed by atoms with E-state index in [-0.39, 0.29) is 5.91 Å². The first kappa shape index (κ1) is 11.7. The third-order valence-electron chi connectivity index (χ3n) is 2.24. The van der Waals surface area contributed by atoms with Crippen molar-refractivity contribution in [2.45, 2.75) is 12.8 Å². The smallest absolute Gasteiger partial charge is 0.408 e. The van der Waals surface area contributed by atoms with Crippen molar-refractivity contribution in [3.05, 3.63) is 28.7 Å². The van der Waals surface area contributed by atoms with E-state index in [1.54, 1.807) is 18.2 Å². The fourth-order valence-electron chi connectivity index (χ4n) is 1.48. The Kier molecular flexibility index (Phi) is 3.49. The van der Waals surface area contributed by atoms with E-state index in [0.717, 1.165) is 0 Å². The van der Waals surface area contributed by atoms with Gasteiger partial charge in [-0.1, -0.05) is 0 Å². The van der Waals surface area contributed by atoms with Crippen molar-refractivity contribution in [2.75, 3.05) is 11.2 Å². The number of H-pyrrole nitrogens is 1. The molecule has 0 aliphatic rings. The summed E-state index contributed by atoms with van der Waals surface area (Å²) in [5.74, 6) is -0.150. The van der Waals surface area contributed by atoms with Gasteiger partial charge in [-0.3, -0.25) is 9.78 Å². The number of hydrogen-bond donors (Lipinski definition) is 2. The Morgan fingerprint density at radius 2 is 2.29 bits per heavy atom. The molecule has 0 radical (unpaired) electrons. The second-order valence-electron chi connectivity index (χ2n) is 3.57. The Morgan fingerprint density at radius 1 is 1.47 bits per heavy atom. The summed E-state index contributed by atoms with van der Waals surface area (Å²) < 4.78 is 4.85. The van der Waals surface area contributed by atoms with Crippen LogP contribution in [0.4, 0.5) is 5.69 Å². The summed E-state index contributed by atoms with van der Waals surface area (Å²) in [6, 6.07) is 4.96. The van der Waals surface area contributed by atoms with Gasteiger partial charge in [-0.2, -0.15) is 0 Å². The number of aromatic nitrogens is 1. The summed E-state index contributed by atoms with van der Waals surface area (Å²) >= 11 is 5.50. The van der Waals surface area contributed by atoms with Crippen molar-refractivity contribution in [1.82, 2.24) is 4.98 Å². The summed E-state index contributed by atoms with van der Waals surface area (Å²) in [5.41, 5.74) is 1.65. The maximum Gasteiger partial charge on any atom is 0.417 e. The molecule has 0 aliphatic heterocycles. The van der Waals surface area contributed by atoms with Crippen molar-refractivity contribution >= 4 is 34.3 Å². The van der Waals surface area contributed by atoms with Crippen molar-refractivity contribution in [3.8, 4) is 0 Å². The number of amides is 1. The standard InChI is InChI=1S/C11H11ClN2O3/c12-5-1-2-10(15)13-7-3-4-9-8(6-7)14-11(16)17-9/h3-4,6H,1-2,5H2,(H,13,15)(H,14,16). The highest BCUT2D eigenvalue weighted by Gasteiger charge is 2.05. The second-order valence-corrected chi connectivity index (χ2v) is 3.94. The van der Waals surface area contributed by atoms with E-state index in [2.05, 4.69) is 10.3 Å². The molecule has 0 unspecified atom stereocenters. The molecule has 2 rings (SSSR count). The largest absolute Gasteiger partial charge is 0.417 e. The highest BCUT2D eigenvalue weighted by Crippen LogP contribution is 2.16. The lowest BCUT2D eigenvalue weighted by Crippen LogP contribution is -2.11. The quantitative estimate of drug-likeness (QED) is 0.821. The van der Waals surface area contributed by atoms with E-state index >= 15 is 0 Å². The number of oxazole rings is 1. The average Bonchev–Trinajstić information content (AvgIpc) is 2.65. The Balaban J connectivity index is 2.13.